The van der Waals surface area contributed by atoms with Gasteiger partial charge in [-0.3, -0.25) is 4.79 Å². The van der Waals surface area contributed by atoms with Gasteiger partial charge in [-0.05, 0) is 74.4 Å². The number of hydrogen-bond donors (Lipinski definition) is 2. The molecule has 0 aliphatic carbocycles. The Morgan fingerprint density at radius 1 is 0.788 bits per heavy atom. The Hall–Kier alpha value is -2.23. The molecular weight excluding hydrogens is 460 g/mol. The lowest BCUT2D eigenvalue weighted by atomic mass is 9.95. The maximum atomic E-state index is 12.9. The molecule has 0 saturated carbocycles. The smallest absolute Gasteiger partial charge is 0.241 e. The minimum absolute atomic E-state index is 0.0274. The number of benzene rings is 2. The van der Waals surface area contributed by atoms with Crippen LogP contribution in [0.25, 0.3) is 0 Å². The fourth-order valence-electron chi connectivity index (χ4n) is 3.75. The Morgan fingerprint density at radius 3 is 1.91 bits per heavy atom. The molecule has 0 radical (unpaired) electrons. The van der Waals surface area contributed by atoms with Crippen LogP contribution in [0.3, 0.4) is 0 Å². The second kappa shape index (κ2) is 11.3. The lowest BCUT2D eigenvalue weighted by Gasteiger charge is -2.19. The number of nitrogens with one attached hydrogen (secondary N) is 2. The molecule has 0 aliphatic heterocycles. The van der Waals surface area contributed by atoms with E-state index < -0.39 is 19.9 Å². The van der Waals surface area contributed by atoms with E-state index in [0.29, 0.717) is 17.5 Å². The van der Waals surface area contributed by atoms with Crippen molar-refractivity contribution in [1.29, 1.82) is 0 Å². The van der Waals surface area contributed by atoms with Crippen molar-refractivity contribution in [3.05, 3.63) is 63.7 Å². The van der Waals surface area contributed by atoms with E-state index in [4.69, 9.17) is 0 Å². The molecule has 2 aromatic rings. The van der Waals surface area contributed by atoms with Crippen molar-refractivity contribution >= 4 is 25.8 Å². The highest BCUT2D eigenvalue weighted by Crippen LogP contribution is 2.29. The molecule has 1 amide bonds. The molecule has 0 unspecified atom stereocenters. The summed E-state index contributed by atoms with van der Waals surface area (Å²) in [7, 11) is -7.02. The van der Waals surface area contributed by atoms with Crippen LogP contribution in [-0.4, -0.2) is 41.6 Å². The quantitative estimate of drug-likeness (QED) is 0.467. The first-order chi connectivity index (χ1) is 15.4. The summed E-state index contributed by atoms with van der Waals surface area (Å²) in [6.07, 6.45) is 0.269. The summed E-state index contributed by atoms with van der Waals surface area (Å²) in [6.45, 7) is 9.56. The van der Waals surface area contributed by atoms with Crippen LogP contribution < -0.4 is 10.0 Å². The van der Waals surface area contributed by atoms with Gasteiger partial charge < -0.3 is 5.32 Å². The summed E-state index contributed by atoms with van der Waals surface area (Å²) in [6, 6.07) is 8.95. The van der Waals surface area contributed by atoms with Crippen LogP contribution in [-0.2, 0) is 30.4 Å². The van der Waals surface area contributed by atoms with Gasteiger partial charge in [-0.2, -0.15) is 0 Å². The second-order valence-corrected chi connectivity index (χ2v) is 12.3. The van der Waals surface area contributed by atoms with Crippen LogP contribution in [0.1, 0.15) is 46.2 Å². The fourth-order valence-corrected chi connectivity index (χ4v) is 6.80. The zero-order valence-corrected chi connectivity index (χ0v) is 21.6. The average molecular weight is 495 g/mol. The first-order valence-electron chi connectivity index (χ1n) is 10.9. The number of hydrogen-bond acceptors (Lipinski definition) is 5. The zero-order valence-electron chi connectivity index (χ0n) is 20.0. The largest absolute Gasteiger partial charge is 0.356 e. The molecule has 0 aromatic heterocycles. The summed E-state index contributed by atoms with van der Waals surface area (Å²) in [5.74, 6) is -0.386. The van der Waals surface area contributed by atoms with Gasteiger partial charge in [0.15, 0.2) is 9.84 Å². The molecule has 182 valence electrons. The molecule has 0 fully saturated rings. The third-order valence-electron chi connectivity index (χ3n) is 6.03. The third kappa shape index (κ3) is 7.38. The molecule has 33 heavy (non-hydrogen) atoms. The maximum absolute atomic E-state index is 12.9. The SMILES string of the molecule is Cc1c(C)c(C)c(S(=O)(=O)NCCC(=O)NCCCS(=O)(=O)Cc2ccccc2)c(C)c1C. The lowest BCUT2D eigenvalue weighted by Crippen LogP contribution is -2.32. The fraction of sp³-hybridized carbons (Fsp3) is 0.458. The molecule has 0 atom stereocenters. The van der Waals surface area contributed by atoms with E-state index in [1.807, 2.05) is 26.8 Å². The van der Waals surface area contributed by atoms with Crippen molar-refractivity contribution in [2.75, 3.05) is 18.8 Å². The molecule has 0 heterocycles. The summed E-state index contributed by atoms with van der Waals surface area (Å²) < 4.78 is 52.7. The van der Waals surface area contributed by atoms with Crippen molar-refractivity contribution in [3.63, 3.8) is 0 Å². The molecule has 2 rings (SSSR count). The van der Waals surface area contributed by atoms with Crippen molar-refractivity contribution in [2.45, 2.75) is 58.1 Å². The summed E-state index contributed by atoms with van der Waals surface area (Å²) >= 11 is 0. The molecule has 0 saturated heterocycles. The van der Waals surface area contributed by atoms with E-state index in [0.717, 1.165) is 22.3 Å². The van der Waals surface area contributed by atoms with Gasteiger partial charge in [0.2, 0.25) is 15.9 Å². The number of carbonyl (C=O) groups excluding carboxylic acids is 1. The molecule has 0 spiro atoms. The Bertz CT molecular complexity index is 1180. The van der Waals surface area contributed by atoms with Gasteiger partial charge in [0, 0.05) is 19.5 Å². The van der Waals surface area contributed by atoms with Gasteiger partial charge in [-0.25, -0.2) is 21.6 Å². The summed E-state index contributed by atoms with van der Waals surface area (Å²) in [5, 5.41) is 2.66. The predicted octanol–water partition coefficient (Wildman–Crippen LogP) is 3.02. The van der Waals surface area contributed by atoms with Crippen molar-refractivity contribution < 1.29 is 21.6 Å². The van der Waals surface area contributed by atoms with Crippen LogP contribution in [0.4, 0.5) is 0 Å². The molecular formula is C24H34N2O5S2. The van der Waals surface area contributed by atoms with Crippen LogP contribution in [0.15, 0.2) is 35.2 Å². The standard InChI is InChI=1S/C24H34N2O5S2/c1-17-18(2)20(4)24(21(5)19(17)3)33(30,31)26-14-12-23(27)25-13-9-15-32(28,29)16-22-10-7-6-8-11-22/h6-8,10-11,26H,9,12-16H2,1-5H3,(H,25,27). The first kappa shape index (κ1) is 27.0. The van der Waals surface area contributed by atoms with E-state index in [1.54, 1.807) is 38.1 Å². The lowest BCUT2D eigenvalue weighted by molar-refractivity contribution is -0.120. The van der Waals surface area contributed by atoms with Gasteiger partial charge in [0.1, 0.15) is 0 Å². The number of sulfonamides is 1. The van der Waals surface area contributed by atoms with Crippen LogP contribution in [0, 0.1) is 34.6 Å². The monoisotopic (exact) mass is 494 g/mol. The van der Waals surface area contributed by atoms with Crippen molar-refractivity contribution in [2.24, 2.45) is 0 Å². The van der Waals surface area contributed by atoms with E-state index in [2.05, 4.69) is 10.0 Å². The predicted molar refractivity (Wildman–Crippen MR) is 131 cm³/mol. The Labute approximate surface area is 198 Å². The van der Waals surface area contributed by atoms with Crippen molar-refractivity contribution in [1.82, 2.24) is 10.0 Å². The second-order valence-electron chi connectivity index (χ2n) is 8.38. The molecule has 0 bridgehead atoms. The highest BCUT2D eigenvalue weighted by Gasteiger charge is 2.23. The van der Waals surface area contributed by atoms with E-state index in [-0.39, 0.29) is 41.8 Å². The number of sulfone groups is 1. The van der Waals surface area contributed by atoms with Crippen LogP contribution >= 0.6 is 0 Å². The van der Waals surface area contributed by atoms with Gasteiger partial charge >= 0.3 is 0 Å². The Balaban J connectivity index is 1.81. The Morgan fingerprint density at radius 2 is 1.33 bits per heavy atom. The van der Waals surface area contributed by atoms with Crippen LogP contribution in [0.2, 0.25) is 0 Å². The third-order valence-corrected chi connectivity index (χ3v) is 9.45. The molecule has 2 N–H and O–H groups in total. The van der Waals surface area contributed by atoms with E-state index in [9.17, 15) is 21.6 Å². The topological polar surface area (TPSA) is 109 Å². The number of carbonyl (C=O) groups is 1. The van der Waals surface area contributed by atoms with Gasteiger partial charge in [0.05, 0.1) is 16.4 Å². The summed E-state index contributed by atoms with van der Waals surface area (Å²) in [5.41, 5.74) is 5.12. The molecule has 0 aliphatic rings. The summed E-state index contributed by atoms with van der Waals surface area (Å²) in [4.78, 5) is 12.3. The minimum Gasteiger partial charge on any atom is -0.356 e. The Kier molecular flexibility index (Phi) is 9.22. The van der Waals surface area contributed by atoms with Gasteiger partial charge in [-0.15, -0.1) is 0 Å². The van der Waals surface area contributed by atoms with E-state index in [1.165, 1.54) is 0 Å². The van der Waals surface area contributed by atoms with Crippen LogP contribution in [0.5, 0.6) is 0 Å². The number of rotatable bonds is 11. The average Bonchev–Trinajstić information content (AvgIpc) is 2.74. The molecule has 9 heteroatoms. The maximum Gasteiger partial charge on any atom is 0.241 e. The van der Waals surface area contributed by atoms with Gasteiger partial charge in [0.25, 0.3) is 0 Å². The highest BCUT2D eigenvalue weighted by molar-refractivity contribution is 7.90. The first-order valence-corrected chi connectivity index (χ1v) is 14.2. The molecule has 2 aromatic carbocycles. The van der Waals surface area contributed by atoms with E-state index >= 15 is 0 Å². The molecule has 7 nitrogen and oxygen atoms in total. The minimum atomic E-state index is -3.76. The zero-order chi connectivity index (χ0) is 24.8. The highest BCUT2D eigenvalue weighted by atomic mass is 32.2. The normalized spacial score (nSPS) is 12.0. The number of amides is 1. The van der Waals surface area contributed by atoms with Crippen molar-refractivity contribution in [3.8, 4) is 0 Å². The van der Waals surface area contributed by atoms with Gasteiger partial charge in [-0.1, -0.05) is 30.3 Å².